The topological polar surface area (TPSA) is 36.3 Å². The first-order valence-corrected chi connectivity index (χ1v) is 4.60. The van der Waals surface area contributed by atoms with Gasteiger partial charge in [-0.1, -0.05) is 13.3 Å². The number of hydrogen-bond donors (Lipinski definition) is 0. The van der Waals surface area contributed by atoms with Gasteiger partial charge in [0.1, 0.15) is 0 Å². The molecule has 1 atom stereocenters. The van der Waals surface area contributed by atoms with E-state index in [1.54, 1.807) is 0 Å². The van der Waals surface area contributed by atoms with E-state index in [1.807, 2.05) is 0 Å². The second-order valence-corrected chi connectivity index (χ2v) is 3.08. The summed E-state index contributed by atoms with van der Waals surface area (Å²) in [5.74, 6) is 0. The van der Waals surface area contributed by atoms with Gasteiger partial charge in [0.2, 0.25) is 0 Å². The molecule has 0 aliphatic carbocycles. The minimum atomic E-state index is 0.110. The monoisotopic (exact) mass is 168 g/mol. The molecule has 3 heteroatoms. The average molecular weight is 168 g/mol. The van der Waals surface area contributed by atoms with Crippen LogP contribution in [0.15, 0.2) is 0 Å². The molecule has 1 unspecified atom stereocenters. The summed E-state index contributed by atoms with van der Waals surface area (Å²) < 4.78 is 5.22. The molecule has 1 heterocycles. The lowest BCUT2D eigenvalue weighted by molar-refractivity contribution is 0.0254. The molecule has 0 aromatic heterocycles. The van der Waals surface area contributed by atoms with Crippen LogP contribution >= 0.6 is 0 Å². The van der Waals surface area contributed by atoms with Crippen molar-refractivity contribution in [3.05, 3.63) is 0 Å². The van der Waals surface area contributed by atoms with Crippen molar-refractivity contribution in [3.63, 3.8) is 0 Å². The summed E-state index contributed by atoms with van der Waals surface area (Å²) >= 11 is 0. The van der Waals surface area contributed by atoms with Crippen LogP contribution in [-0.4, -0.2) is 37.2 Å². The van der Waals surface area contributed by atoms with E-state index in [4.69, 9.17) is 10.00 Å². The zero-order valence-corrected chi connectivity index (χ0v) is 7.62. The molecular formula is C9H16N2O. The maximum absolute atomic E-state index is 8.88. The molecule has 0 amide bonds. The van der Waals surface area contributed by atoms with Gasteiger partial charge >= 0.3 is 0 Å². The molecule has 1 saturated heterocycles. The summed E-state index contributed by atoms with van der Waals surface area (Å²) in [6.45, 7) is 5.50. The van der Waals surface area contributed by atoms with E-state index < -0.39 is 0 Å². The van der Waals surface area contributed by atoms with Gasteiger partial charge in [0, 0.05) is 13.1 Å². The molecule has 0 radical (unpaired) electrons. The normalized spacial score (nSPS) is 21.7. The number of morpholine rings is 1. The van der Waals surface area contributed by atoms with Crippen molar-refractivity contribution in [2.24, 2.45) is 0 Å². The van der Waals surface area contributed by atoms with Gasteiger partial charge in [0.15, 0.2) is 0 Å². The van der Waals surface area contributed by atoms with Gasteiger partial charge in [-0.05, 0) is 6.42 Å². The summed E-state index contributed by atoms with van der Waals surface area (Å²) in [4.78, 5) is 2.22. The van der Waals surface area contributed by atoms with Crippen molar-refractivity contribution in [2.45, 2.75) is 25.8 Å². The first kappa shape index (κ1) is 9.50. The average Bonchev–Trinajstić information content (AvgIpc) is 2.15. The number of ether oxygens (including phenoxy) is 1. The molecule has 68 valence electrons. The van der Waals surface area contributed by atoms with Crippen LogP contribution < -0.4 is 0 Å². The highest BCUT2D eigenvalue weighted by molar-refractivity contribution is 4.91. The molecule has 0 spiro atoms. The minimum Gasteiger partial charge on any atom is -0.379 e. The zero-order chi connectivity index (χ0) is 8.81. The van der Waals surface area contributed by atoms with Crippen molar-refractivity contribution in [1.82, 2.24) is 4.90 Å². The predicted octanol–water partition coefficient (Wildman–Crippen LogP) is 1.01. The Morgan fingerprint density at radius 1 is 1.50 bits per heavy atom. The Bertz CT molecular complexity index is 158. The smallest absolute Gasteiger partial charge is 0.0979 e. The highest BCUT2D eigenvalue weighted by Crippen LogP contribution is 2.08. The van der Waals surface area contributed by atoms with Gasteiger partial charge in [-0.2, -0.15) is 5.26 Å². The molecule has 0 aromatic carbocycles. The molecule has 0 saturated carbocycles. The second kappa shape index (κ2) is 5.13. The fraction of sp³-hybridized carbons (Fsp3) is 0.889. The standard InChI is InChI=1S/C9H16N2O/c1-2-3-9(8-10)11-4-6-12-7-5-11/h9H,2-7H2,1H3. The molecule has 12 heavy (non-hydrogen) atoms. The quantitative estimate of drug-likeness (QED) is 0.631. The van der Waals surface area contributed by atoms with E-state index in [2.05, 4.69) is 17.9 Å². The number of nitriles is 1. The molecule has 1 aliphatic rings. The van der Waals surface area contributed by atoms with Gasteiger partial charge in [-0.15, -0.1) is 0 Å². The minimum absolute atomic E-state index is 0.110. The lowest BCUT2D eigenvalue weighted by atomic mass is 10.1. The van der Waals surface area contributed by atoms with Crippen LogP contribution in [-0.2, 0) is 4.74 Å². The number of nitrogens with zero attached hydrogens (tertiary/aromatic N) is 2. The largest absolute Gasteiger partial charge is 0.379 e. The summed E-state index contributed by atoms with van der Waals surface area (Å²) in [5.41, 5.74) is 0. The Balaban J connectivity index is 2.36. The highest BCUT2D eigenvalue weighted by atomic mass is 16.5. The molecule has 0 bridgehead atoms. The van der Waals surface area contributed by atoms with Gasteiger partial charge < -0.3 is 4.74 Å². The van der Waals surface area contributed by atoms with E-state index >= 15 is 0 Å². The van der Waals surface area contributed by atoms with Gasteiger partial charge in [-0.3, -0.25) is 4.90 Å². The van der Waals surface area contributed by atoms with E-state index in [0.717, 1.165) is 39.1 Å². The lowest BCUT2D eigenvalue weighted by Gasteiger charge is -2.30. The Morgan fingerprint density at radius 2 is 2.17 bits per heavy atom. The predicted molar refractivity (Wildman–Crippen MR) is 46.7 cm³/mol. The molecular weight excluding hydrogens is 152 g/mol. The third-order valence-electron chi connectivity index (χ3n) is 2.20. The van der Waals surface area contributed by atoms with Gasteiger partial charge in [-0.25, -0.2) is 0 Å². The van der Waals surface area contributed by atoms with Crippen LogP contribution in [0, 0.1) is 11.3 Å². The van der Waals surface area contributed by atoms with E-state index in [-0.39, 0.29) is 6.04 Å². The molecule has 3 nitrogen and oxygen atoms in total. The van der Waals surface area contributed by atoms with Crippen LogP contribution in [0.5, 0.6) is 0 Å². The van der Waals surface area contributed by atoms with Crippen LogP contribution in [0.3, 0.4) is 0 Å². The number of hydrogen-bond acceptors (Lipinski definition) is 3. The van der Waals surface area contributed by atoms with Crippen molar-refractivity contribution in [1.29, 1.82) is 5.26 Å². The summed E-state index contributed by atoms with van der Waals surface area (Å²) in [6, 6.07) is 2.45. The van der Waals surface area contributed by atoms with Crippen LogP contribution in [0.25, 0.3) is 0 Å². The third-order valence-corrected chi connectivity index (χ3v) is 2.20. The first-order chi connectivity index (χ1) is 5.88. The highest BCUT2D eigenvalue weighted by Gasteiger charge is 2.18. The Kier molecular flexibility index (Phi) is 4.06. The molecule has 0 N–H and O–H groups in total. The maximum Gasteiger partial charge on any atom is 0.0979 e. The first-order valence-electron chi connectivity index (χ1n) is 4.60. The molecule has 1 fully saturated rings. The summed E-state index contributed by atoms with van der Waals surface area (Å²) in [5, 5.41) is 8.88. The lowest BCUT2D eigenvalue weighted by Crippen LogP contribution is -2.42. The van der Waals surface area contributed by atoms with Crippen LogP contribution in [0.4, 0.5) is 0 Å². The van der Waals surface area contributed by atoms with Crippen molar-refractivity contribution < 1.29 is 4.74 Å². The maximum atomic E-state index is 8.88. The molecule has 1 rings (SSSR count). The Hall–Kier alpha value is -0.590. The van der Waals surface area contributed by atoms with Crippen molar-refractivity contribution in [2.75, 3.05) is 26.3 Å². The van der Waals surface area contributed by atoms with Crippen LogP contribution in [0.2, 0.25) is 0 Å². The van der Waals surface area contributed by atoms with E-state index in [0.29, 0.717) is 0 Å². The molecule has 0 aromatic rings. The van der Waals surface area contributed by atoms with Crippen molar-refractivity contribution in [3.8, 4) is 6.07 Å². The van der Waals surface area contributed by atoms with Gasteiger partial charge in [0.25, 0.3) is 0 Å². The SMILES string of the molecule is CCCC(C#N)N1CCOCC1. The van der Waals surface area contributed by atoms with E-state index in [1.165, 1.54) is 0 Å². The van der Waals surface area contributed by atoms with Gasteiger partial charge in [0.05, 0.1) is 25.3 Å². The van der Waals surface area contributed by atoms with Crippen molar-refractivity contribution >= 4 is 0 Å². The zero-order valence-electron chi connectivity index (χ0n) is 7.62. The molecule has 1 aliphatic heterocycles. The fourth-order valence-corrected chi connectivity index (χ4v) is 1.49. The summed E-state index contributed by atoms with van der Waals surface area (Å²) in [6.07, 6.45) is 2.06. The Morgan fingerprint density at radius 3 is 2.67 bits per heavy atom. The number of rotatable bonds is 3. The third kappa shape index (κ3) is 2.47. The fourth-order valence-electron chi connectivity index (χ4n) is 1.49. The summed E-state index contributed by atoms with van der Waals surface area (Å²) in [7, 11) is 0. The Labute approximate surface area is 73.9 Å². The second-order valence-electron chi connectivity index (χ2n) is 3.08. The van der Waals surface area contributed by atoms with E-state index in [9.17, 15) is 0 Å². The van der Waals surface area contributed by atoms with Crippen LogP contribution in [0.1, 0.15) is 19.8 Å².